The van der Waals surface area contributed by atoms with E-state index in [1.54, 1.807) is 0 Å². The molecule has 0 bridgehead atoms. The fraction of sp³-hybridized carbons (Fsp3) is 0.308. The highest BCUT2D eigenvalue weighted by Gasteiger charge is 2.32. The van der Waals surface area contributed by atoms with E-state index in [1.807, 2.05) is 68.4 Å². The Morgan fingerprint density at radius 1 is 1.06 bits per heavy atom. The Kier molecular flexibility index (Phi) is 6.21. The van der Waals surface area contributed by atoms with Crippen molar-refractivity contribution < 1.29 is 19.1 Å². The lowest BCUT2D eigenvalue weighted by Gasteiger charge is -2.22. The molecule has 1 N–H and O–H groups in total. The zero-order chi connectivity index (χ0) is 21.8. The van der Waals surface area contributed by atoms with Crippen molar-refractivity contribution in [3.63, 3.8) is 0 Å². The molecule has 5 heteroatoms. The first-order chi connectivity index (χ1) is 15.1. The van der Waals surface area contributed by atoms with Gasteiger partial charge in [-0.05, 0) is 55.0 Å². The van der Waals surface area contributed by atoms with Gasteiger partial charge in [0.15, 0.2) is 5.78 Å². The maximum absolute atomic E-state index is 12.9. The lowest BCUT2D eigenvalue weighted by molar-refractivity contribution is 0.0502. The molecule has 0 radical (unpaired) electrons. The van der Waals surface area contributed by atoms with Gasteiger partial charge in [0.05, 0.1) is 13.2 Å². The minimum absolute atomic E-state index is 0.0669. The largest absolute Gasteiger partial charge is 0.494 e. The summed E-state index contributed by atoms with van der Waals surface area (Å²) >= 11 is 0. The molecule has 1 aromatic heterocycles. The minimum atomic E-state index is -0.409. The van der Waals surface area contributed by atoms with Crippen molar-refractivity contribution in [3.8, 4) is 5.75 Å². The van der Waals surface area contributed by atoms with Gasteiger partial charge >= 0.3 is 5.97 Å². The molecule has 0 amide bonds. The van der Waals surface area contributed by atoms with E-state index in [-0.39, 0.29) is 11.7 Å². The second-order valence-electron chi connectivity index (χ2n) is 7.88. The van der Waals surface area contributed by atoms with Crippen LogP contribution in [-0.4, -0.2) is 30.0 Å². The third-order valence-electron chi connectivity index (χ3n) is 5.82. The van der Waals surface area contributed by atoms with Gasteiger partial charge in [-0.2, -0.15) is 0 Å². The fourth-order valence-corrected chi connectivity index (χ4v) is 4.25. The molecule has 0 spiro atoms. The number of nitrogens with one attached hydrogen (secondary N) is 1. The minimum Gasteiger partial charge on any atom is -0.494 e. The highest BCUT2D eigenvalue weighted by Crippen LogP contribution is 2.35. The van der Waals surface area contributed by atoms with Crippen molar-refractivity contribution in [2.75, 3.05) is 13.2 Å². The number of carbonyl (C=O) groups is 2. The van der Waals surface area contributed by atoms with Crippen LogP contribution in [0.15, 0.2) is 54.6 Å². The molecule has 31 heavy (non-hydrogen) atoms. The number of Topliss-reactive ketones (excluding diaryl/α,β-unsaturated/α-hetero) is 1. The summed E-state index contributed by atoms with van der Waals surface area (Å²) in [5.41, 5.74) is 4.77. The van der Waals surface area contributed by atoms with Gasteiger partial charge in [0.2, 0.25) is 0 Å². The van der Waals surface area contributed by atoms with E-state index < -0.39 is 5.97 Å². The van der Waals surface area contributed by atoms with Crippen molar-refractivity contribution in [3.05, 3.63) is 88.2 Å². The van der Waals surface area contributed by atoms with Crippen LogP contribution in [0.5, 0.6) is 5.75 Å². The molecule has 1 atom stereocenters. The average Bonchev–Trinajstić information content (AvgIpc) is 3.12. The molecule has 1 heterocycles. The highest BCUT2D eigenvalue weighted by atomic mass is 16.5. The summed E-state index contributed by atoms with van der Waals surface area (Å²) in [6.07, 6.45) is 1.78. The lowest BCUT2D eigenvalue weighted by atomic mass is 9.81. The molecule has 4 rings (SSSR count). The van der Waals surface area contributed by atoms with Crippen LogP contribution in [0.2, 0.25) is 0 Å². The van der Waals surface area contributed by atoms with Crippen molar-refractivity contribution >= 4 is 11.8 Å². The van der Waals surface area contributed by atoms with E-state index in [0.717, 1.165) is 22.6 Å². The summed E-state index contributed by atoms with van der Waals surface area (Å²) < 4.78 is 11.0. The van der Waals surface area contributed by atoms with Gasteiger partial charge in [0.25, 0.3) is 0 Å². The topological polar surface area (TPSA) is 68.4 Å². The number of H-pyrrole nitrogens is 1. The number of ketones is 1. The molecule has 0 aliphatic heterocycles. The maximum atomic E-state index is 12.9. The first-order valence-corrected chi connectivity index (χ1v) is 10.7. The summed E-state index contributed by atoms with van der Waals surface area (Å²) in [4.78, 5) is 28.7. The summed E-state index contributed by atoms with van der Waals surface area (Å²) in [7, 11) is 0. The molecule has 160 valence electrons. The normalized spacial score (nSPS) is 15.4. The Labute approximate surface area is 182 Å². The highest BCUT2D eigenvalue weighted by molar-refractivity contribution is 6.03. The number of esters is 1. The molecular formula is C26H27NO4. The Balaban J connectivity index is 1.46. The predicted molar refractivity (Wildman–Crippen MR) is 119 cm³/mol. The van der Waals surface area contributed by atoms with Crippen LogP contribution in [0.4, 0.5) is 0 Å². The molecular weight excluding hydrogens is 390 g/mol. The summed E-state index contributed by atoms with van der Waals surface area (Å²) in [6.45, 7) is 4.69. The molecule has 1 aliphatic rings. The van der Waals surface area contributed by atoms with Gasteiger partial charge in [-0.3, -0.25) is 4.79 Å². The molecule has 5 nitrogen and oxygen atoms in total. The zero-order valence-electron chi connectivity index (χ0n) is 17.9. The summed E-state index contributed by atoms with van der Waals surface area (Å²) in [5.74, 6) is 0.562. The van der Waals surface area contributed by atoms with Gasteiger partial charge in [-0.15, -0.1) is 0 Å². The van der Waals surface area contributed by atoms with E-state index in [0.29, 0.717) is 49.3 Å². The molecule has 3 aromatic rings. The van der Waals surface area contributed by atoms with Gasteiger partial charge in [0.1, 0.15) is 11.4 Å². The van der Waals surface area contributed by atoms with Gasteiger partial charge in [-0.25, -0.2) is 4.79 Å². The number of fused-ring (bicyclic) bond motifs is 1. The number of carbonyl (C=O) groups excluding carboxylic acids is 2. The monoisotopic (exact) mass is 417 g/mol. The zero-order valence-corrected chi connectivity index (χ0v) is 17.9. The van der Waals surface area contributed by atoms with Crippen molar-refractivity contribution in [1.29, 1.82) is 0 Å². The average molecular weight is 418 g/mol. The molecule has 0 saturated carbocycles. The molecule has 2 aromatic carbocycles. The standard InChI is InChI=1S/C26H27NO4/c1-3-30-21-11-9-19(10-12-21)20-15-22-24(23(28)16-20)17(2)25(27-22)26(29)31-14-13-18-7-5-4-6-8-18/h4-12,20,27H,3,13-16H2,1-2H3/t20-/m1/s1. The first kappa shape index (κ1) is 20.9. The second-order valence-corrected chi connectivity index (χ2v) is 7.88. The molecule has 0 saturated heterocycles. The van der Waals surface area contributed by atoms with E-state index in [2.05, 4.69) is 4.98 Å². The SMILES string of the molecule is CCOc1ccc([C@H]2CC(=O)c3c([nH]c(C(=O)OCCc4ccccc4)c3C)C2)cc1. The van der Waals surface area contributed by atoms with Crippen molar-refractivity contribution in [2.24, 2.45) is 0 Å². The number of rotatable bonds is 7. The second kappa shape index (κ2) is 9.21. The Morgan fingerprint density at radius 3 is 2.52 bits per heavy atom. The summed E-state index contributed by atoms with van der Waals surface area (Å²) in [5, 5.41) is 0. The van der Waals surface area contributed by atoms with E-state index in [1.165, 1.54) is 0 Å². The van der Waals surface area contributed by atoms with Crippen LogP contribution in [0, 0.1) is 6.92 Å². The number of hydrogen-bond donors (Lipinski definition) is 1. The molecule has 1 aliphatic carbocycles. The van der Waals surface area contributed by atoms with Gasteiger partial charge in [0, 0.05) is 24.1 Å². The Morgan fingerprint density at radius 2 is 1.81 bits per heavy atom. The Bertz CT molecular complexity index is 1070. The smallest absolute Gasteiger partial charge is 0.355 e. The maximum Gasteiger partial charge on any atom is 0.355 e. The van der Waals surface area contributed by atoms with Crippen LogP contribution >= 0.6 is 0 Å². The number of aromatic amines is 1. The fourth-order valence-electron chi connectivity index (χ4n) is 4.25. The van der Waals surface area contributed by atoms with Crippen molar-refractivity contribution in [2.45, 2.75) is 39.0 Å². The number of ether oxygens (including phenoxy) is 2. The van der Waals surface area contributed by atoms with E-state index in [9.17, 15) is 9.59 Å². The third-order valence-corrected chi connectivity index (χ3v) is 5.82. The lowest BCUT2D eigenvalue weighted by Crippen LogP contribution is -2.18. The van der Waals surface area contributed by atoms with Crippen LogP contribution in [0.1, 0.15) is 62.5 Å². The number of hydrogen-bond acceptors (Lipinski definition) is 4. The van der Waals surface area contributed by atoms with Crippen LogP contribution in [0.3, 0.4) is 0 Å². The quantitative estimate of drug-likeness (QED) is 0.547. The molecule has 0 fully saturated rings. The third kappa shape index (κ3) is 4.55. The van der Waals surface area contributed by atoms with Gasteiger partial charge < -0.3 is 14.5 Å². The predicted octanol–water partition coefficient (Wildman–Crippen LogP) is 5.03. The van der Waals surface area contributed by atoms with Crippen LogP contribution in [-0.2, 0) is 17.6 Å². The van der Waals surface area contributed by atoms with E-state index in [4.69, 9.17) is 9.47 Å². The van der Waals surface area contributed by atoms with Gasteiger partial charge in [-0.1, -0.05) is 42.5 Å². The van der Waals surface area contributed by atoms with Crippen molar-refractivity contribution in [1.82, 2.24) is 4.98 Å². The van der Waals surface area contributed by atoms with Crippen LogP contribution < -0.4 is 4.74 Å². The number of benzene rings is 2. The summed E-state index contributed by atoms with van der Waals surface area (Å²) in [6, 6.07) is 17.8. The van der Waals surface area contributed by atoms with Crippen LogP contribution in [0.25, 0.3) is 0 Å². The number of aromatic nitrogens is 1. The molecule has 0 unspecified atom stereocenters. The van der Waals surface area contributed by atoms with E-state index >= 15 is 0 Å². The Hall–Kier alpha value is -3.34. The first-order valence-electron chi connectivity index (χ1n) is 10.7.